The van der Waals surface area contributed by atoms with Crippen molar-refractivity contribution in [3.63, 3.8) is 0 Å². The molecule has 0 spiro atoms. The van der Waals surface area contributed by atoms with Crippen LogP contribution in [0.4, 0.5) is 0 Å². The van der Waals surface area contributed by atoms with Crippen LogP contribution in [0.15, 0.2) is 146 Å². The summed E-state index contributed by atoms with van der Waals surface area (Å²) < 4.78 is 61.0. The minimum atomic E-state index is -4.95. The number of carbonyl (C=O) groups is 3. The van der Waals surface area contributed by atoms with E-state index in [1.165, 1.54) is 83.5 Å². The molecule has 99 heavy (non-hydrogen) atoms. The van der Waals surface area contributed by atoms with Gasteiger partial charge in [0.1, 0.15) is 25.4 Å². The monoisotopic (exact) mass is 1430 g/mol. The van der Waals surface area contributed by atoms with E-state index in [4.69, 9.17) is 32.3 Å². The van der Waals surface area contributed by atoms with Crippen molar-refractivity contribution in [1.29, 1.82) is 0 Å². The molecule has 0 saturated carbocycles. The van der Waals surface area contributed by atoms with E-state index in [0.29, 0.717) is 19.3 Å². The van der Waals surface area contributed by atoms with Crippen LogP contribution < -0.4 is 0 Å². The van der Waals surface area contributed by atoms with Crippen LogP contribution in [0.1, 0.15) is 290 Å². The number of esters is 3. The van der Waals surface area contributed by atoms with Crippen molar-refractivity contribution >= 4 is 33.6 Å². The second-order valence-electron chi connectivity index (χ2n) is 25.0. The Bertz CT molecular complexity index is 2380. The molecule has 0 saturated heterocycles. The maximum Gasteiger partial charge on any atom is 0.472 e. The van der Waals surface area contributed by atoms with Crippen LogP contribution in [0, 0.1) is 0 Å². The van der Waals surface area contributed by atoms with Gasteiger partial charge in [-0.05, 0) is 141 Å². The molecule has 0 rings (SSSR count). The lowest BCUT2D eigenvalue weighted by molar-refractivity contribution is -0.161. The zero-order valence-electron chi connectivity index (χ0n) is 61.6. The van der Waals surface area contributed by atoms with Crippen LogP contribution in [-0.2, 0) is 55.8 Å². The molecule has 5 atom stereocenters. The van der Waals surface area contributed by atoms with Gasteiger partial charge in [0.15, 0.2) is 6.10 Å². The molecule has 0 fully saturated rings. The highest BCUT2D eigenvalue weighted by Crippen LogP contribution is 2.45. The first-order valence-corrected chi connectivity index (χ1v) is 41.1. The maximum atomic E-state index is 12.9. The third kappa shape index (κ3) is 74.4. The van der Waals surface area contributed by atoms with Gasteiger partial charge >= 0.3 is 33.6 Å². The molecule has 0 bridgehead atoms. The highest BCUT2D eigenvalue weighted by atomic mass is 31.2. The van der Waals surface area contributed by atoms with Crippen molar-refractivity contribution in [3.8, 4) is 0 Å². The quantitative estimate of drug-likeness (QED) is 0.0146. The molecule has 4 N–H and O–H groups in total. The van der Waals surface area contributed by atoms with E-state index in [2.05, 4.69) is 167 Å². The van der Waals surface area contributed by atoms with Crippen LogP contribution in [0.5, 0.6) is 0 Å². The lowest BCUT2D eigenvalue weighted by atomic mass is 10.0. The molecule has 0 amide bonds. The number of hydrogen-bond acceptors (Lipinski definition) is 14. The predicted octanol–water partition coefficient (Wildman–Crippen LogP) is 22.1. The molecule has 566 valence electrons. The number of aliphatic hydroxyl groups excluding tert-OH is 2. The number of aliphatic hydroxyl groups is 2. The molecule has 18 heteroatoms. The van der Waals surface area contributed by atoms with Crippen molar-refractivity contribution in [2.75, 3.05) is 39.6 Å². The Labute approximate surface area is 600 Å². The van der Waals surface area contributed by atoms with Gasteiger partial charge in [0.05, 0.1) is 26.4 Å². The lowest BCUT2D eigenvalue weighted by Crippen LogP contribution is -2.30. The molecule has 5 unspecified atom stereocenters. The Kier molecular flexibility index (Phi) is 69.8. The average Bonchev–Trinajstić information content (AvgIpc) is 2.31. The minimum absolute atomic E-state index is 0.0663. The first-order chi connectivity index (χ1) is 48.2. The summed E-state index contributed by atoms with van der Waals surface area (Å²) in [4.78, 5) is 58.6. The molecule has 0 aromatic rings. The van der Waals surface area contributed by atoms with E-state index in [0.717, 1.165) is 148 Å². The summed E-state index contributed by atoms with van der Waals surface area (Å²) in [5.74, 6) is -1.64. The van der Waals surface area contributed by atoms with Gasteiger partial charge in [-0.25, -0.2) is 9.13 Å². The fraction of sp³-hybridized carbons (Fsp3) is 0.667. The normalized spacial score (nSPS) is 14.9. The van der Waals surface area contributed by atoms with Crippen molar-refractivity contribution in [2.45, 2.75) is 309 Å². The number of hydrogen-bond donors (Lipinski definition) is 4. The Hall–Kier alpha value is -4.57. The number of phosphoric acid groups is 2. The molecule has 0 heterocycles. The van der Waals surface area contributed by atoms with E-state index in [1.807, 2.05) is 0 Å². The molecule has 0 aliphatic carbocycles. The van der Waals surface area contributed by atoms with Gasteiger partial charge in [0.2, 0.25) is 0 Å². The zero-order valence-corrected chi connectivity index (χ0v) is 63.4. The second-order valence-corrected chi connectivity index (χ2v) is 27.9. The molecule has 0 aromatic carbocycles. The summed E-state index contributed by atoms with van der Waals surface area (Å²) in [5.41, 5.74) is 0. The maximum absolute atomic E-state index is 12.9. The highest BCUT2D eigenvalue weighted by molar-refractivity contribution is 7.47. The fourth-order valence-corrected chi connectivity index (χ4v) is 11.4. The molecule has 0 aliphatic heterocycles. The Morgan fingerprint density at radius 2 is 0.535 bits per heavy atom. The summed E-state index contributed by atoms with van der Waals surface area (Å²) in [6.07, 6.45) is 89.0. The Morgan fingerprint density at radius 1 is 0.293 bits per heavy atom. The third-order valence-electron chi connectivity index (χ3n) is 15.5. The molecule has 0 aliphatic rings. The summed E-state index contributed by atoms with van der Waals surface area (Å²) in [5, 5.41) is 20.6. The summed E-state index contributed by atoms with van der Waals surface area (Å²) in [6, 6.07) is 0. The van der Waals surface area contributed by atoms with Gasteiger partial charge in [-0.15, -0.1) is 0 Å². The number of rotatable bonds is 71. The zero-order chi connectivity index (χ0) is 72.3. The highest BCUT2D eigenvalue weighted by Gasteiger charge is 2.29. The van der Waals surface area contributed by atoms with Crippen LogP contribution in [0.25, 0.3) is 0 Å². The standard InChI is InChI=1S/C81H136O16P2/c1-4-7-10-13-16-19-22-25-28-31-32-33-34-35-36-37-38-39-40-41-42-45-47-49-52-55-58-61-64-67-79(84)91-70-76(82)71-93-98(87,88)94-72-77(83)73-95-99(89,90)96-75-78(97-81(86)69-66-63-60-57-54-51-48-44-30-27-24-21-18-15-12-9-6-3)74-92-80(85)68-65-62-59-56-53-50-46-43-29-26-23-20-17-14-11-8-5-2/h8-9,11-12,16-21,25-30,32-33,35-36,46,48,50-51,76-78,82-83H,4-7,10,13-15,22-24,31,34,37-45,47,49,52-75H2,1-3H3,(H,87,88)(H,89,90)/b11-8-,12-9-,19-16-,20-17-,21-18-,28-25-,29-26-,30-27-,33-32-,36-35-,50-46-,51-48-. The Morgan fingerprint density at radius 3 is 0.848 bits per heavy atom. The summed E-state index contributed by atoms with van der Waals surface area (Å²) in [6.45, 7) is 2.36. The first kappa shape index (κ1) is 94.4. The number of allylic oxidation sites excluding steroid dienone is 24. The van der Waals surface area contributed by atoms with Gasteiger partial charge in [-0.3, -0.25) is 32.5 Å². The average molecular weight is 1430 g/mol. The van der Waals surface area contributed by atoms with Crippen molar-refractivity contribution < 1.29 is 75.8 Å². The van der Waals surface area contributed by atoms with Crippen molar-refractivity contribution in [1.82, 2.24) is 0 Å². The van der Waals surface area contributed by atoms with E-state index >= 15 is 0 Å². The molecule has 16 nitrogen and oxygen atoms in total. The van der Waals surface area contributed by atoms with Gasteiger partial charge in [-0.2, -0.15) is 0 Å². The molecule has 0 radical (unpaired) electrons. The van der Waals surface area contributed by atoms with E-state index < -0.39 is 91.5 Å². The number of unbranched alkanes of at least 4 members (excludes halogenated alkanes) is 24. The van der Waals surface area contributed by atoms with Gasteiger partial charge < -0.3 is 34.2 Å². The largest absolute Gasteiger partial charge is 0.472 e. The SMILES string of the molecule is CC/C=C\C/C=C\C/C=C\C/C=C\CCCCCCC(=O)OCC(COP(=O)(O)OCC(O)COP(=O)(O)OCC(O)COC(=O)CCCCCCCCCCCCCCC/C=C\C/C=C\C/C=C\C/C=C\CCCCC)OC(=O)CCCCCC/C=C\C/C=C\C/C=C\C/C=C\CC. The van der Waals surface area contributed by atoms with E-state index in [1.54, 1.807) is 0 Å². The van der Waals surface area contributed by atoms with Gasteiger partial charge in [0, 0.05) is 19.3 Å². The third-order valence-corrected chi connectivity index (χ3v) is 17.4. The topological polar surface area (TPSA) is 231 Å². The van der Waals surface area contributed by atoms with Crippen molar-refractivity contribution in [3.05, 3.63) is 146 Å². The van der Waals surface area contributed by atoms with Crippen LogP contribution >= 0.6 is 15.6 Å². The second kappa shape index (κ2) is 73.2. The summed E-state index contributed by atoms with van der Waals surface area (Å²) >= 11 is 0. The summed E-state index contributed by atoms with van der Waals surface area (Å²) in [7, 11) is -9.81. The number of carbonyl (C=O) groups excluding carboxylic acids is 3. The molecular weight excluding hydrogens is 1290 g/mol. The Balaban J connectivity index is 4.57. The molecular formula is C81H136O16P2. The fourth-order valence-electron chi connectivity index (χ4n) is 9.77. The first-order valence-electron chi connectivity index (χ1n) is 38.1. The smallest absolute Gasteiger partial charge is 0.463 e. The van der Waals surface area contributed by atoms with Gasteiger partial charge in [-0.1, -0.05) is 276 Å². The van der Waals surface area contributed by atoms with Crippen LogP contribution in [-0.4, -0.2) is 95.9 Å². The minimum Gasteiger partial charge on any atom is -0.463 e. The number of phosphoric ester groups is 2. The van der Waals surface area contributed by atoms with Crippen LogP contribution in [0.2, 0.25) is 0 Å². The number of ether oxygens (including phenoxy) is 3. The van der Waals surface area contributed by atoms with E-state index in [9.17, 15) is 43.5 Å². The van der Waals surface area contributed by atoms with Gasteiger partial charge in [0.25, 0.3) is 0 Å². The molecule has 0 aromatic heterocycles. The lowest BCUT2D eigenvalue weighted by Gasteiger charge is -2.21. The van der Waals surface area contributed by atoms with E-state index in [-0.39, 0.29) is 19.3 Å². The van der Waals surface area contributed by atoms with Crippen molar-refractivity contribution in [2.24, 2.45) is 0 Å². The van der Waals surface area contributed by atoms with Crippen LogP contribution in [0.3, 0.4) is 0 Å². The predicted molar refractivity (Wildman–Crippen MR) is 408 cm³/mol.